The average Bonchev–Trinajstić information content (AvgIpc) is 2.26. The van der Waals surface area contributed by atoms with E-state index in [-0.39, 0.29) is 11.9 Å². The van der Waals surface area contributed by atoms with Crippen molar-refractivity contribution < 1.29 is 4.79 Å². The molecule has 0 aliphatic carbocycles. The SMILES string of the molecule is CC(C)N1c2ccncc2N(C)C(=O)[C@H]1C. The molecule has 1 amide bonds. The first-order valence-electron chi connectivity index (χ1n) is 5.54. The lowest BCUT2D eigenvalue weighted by atomic mass is 10.1. The zero-order chi connectivity index (χ0) is 11.9. The second-order valence-electron chi connectivity index (χ2n) is 4.44. The summed E-state index contributed by atoms with van der Waals surface area (Å²) in [6.45, 7) is 6.14. The highest BCUT2D eigenvalue weighted by atomic mass is 16.2. The quantitative estimate of drug-likeness (QED) is 0.720. The van der Waals surface area contributed by atoms with Gasteiger partial charge in [-0.3, -0.25) is 9.78 Å². The highest BCUT2D eigenvalue weighted by molar-refractivity contribution is 6.04. The molecule has 1 aromatic heterocycles. The zero-order valence-electron chi connectivity index (χ0n) is 10.1. The van der Waals surface area contributed by atoms with Crippen molar-refractivity contribution in [3.63, 3.8) is 0 Å². The number of likely N-dealkylation sites (N-methyl/N-ethyl adjacent to an activating group) is 1. The van der Waals surface area contributed by atoms with Crippen LogP contribution in [0.2, 0.25) is 0 Å². The van der Waals surface area contributed by atoms with Gasteiger partial charge in [0.2, 0.25) is 5.91 Å². The van der Waals surface area contributed by atoms with Crippen LogP contribution in [-0.4, -0.2) is 30.0 Å². The molecule has 86 valence electrons. The summed E-state index contributed by atoms with van der Waals surface area (Å²) < 4.78 is 0. The predicted molar refractivity (Wildman–Crippen MR) is 64.7 cm³/mol. The molecule has 2 rings (SSSR count). The molecule has 2 heterocycles. The van der Waals surface area contributed by atoms with Gasteiger partial charge in [-0.1, -0.05) is 0 Å². The van der Waals surface area contributed by atoms with Gasteiger partial charge in [-0.2, -0.15) is 0 Å². The predicted octanol–water partition coefficient (Wildman–Crippen LogP) is 1.66. The van der Waals surface area contributed by atoms with E-state index < -0.39 is 0 Å². The van der Waals surface area contributed by atoms with Crippen LogP contribution in [0.25, 0.3) is 0 Å². The third-order valence-electron chi connectivity index (χ3n) is 3.08. The van der Waals surface area contributed by atoms with Gasteiger partial charge in [0.1, 0.15) is 6.04 Å². The largest absolute Gasteiger partial charge is 0.356 e. The maximum Gasteiger partial charge on any atom is 0.249 e. The molecule has 0 bridgehead atoms. The summed E-state index contributed by atoms with van der Waals surface area (Å²) in [5, 5.41) is 0. The van der Waals surface area contributed by atoms with Crippen molar-refractivity contribution in [3.8, 4) is 0 Å². The number of pyridine rings is 1. The molecule has 0 fully saturated rings. The normalized spacial score (nSPS) is 20.3. The van der Waals surface area contributed by atoms with E-state index in [1.807, 2.05) is 13.0 Å². The molecule has 16 heavy (non-hydrogen) atoms. The number of rotatable bonds is 1. The summed E-state index contributed by atoms with van der Waals surface area (Å²) in [4.78, 5) is 20.0. The molecular weight excluding hydrogens is 202 g/mol. The Hall–Kier alpha value is -1.58. The lowest BCUT2D eigenvalue weighted by molar-refractivity contribution is -0.119. The molecule has 0 unspecified atom stereocenters. The number of anilines is 2. The molecule has 0 N–H and O–H groups in total. The average molecular weight is 219 g/mol. The van der Waals surface area contributed by atoms with E-state index in [2.05, 4.69) is 23.7 Å². The topological polar surface area (TPSA) is 36.4 Å². The summed E-state index contributed by atoms with van der Waals surface area (Å²) in [5.41, 5.74) is 1.97. The van der Waals surface area contributed by atoms with Crippen LogP contribution in [0.4, 0.5) is 11.4 Å². The summed E-state index contributed by atoms with van der Waals surface area (Å²) in [6, 6.07) is 2.16. The minimum atomic E-state index is -0.111. The van der Waals surface area contributed by atoms with Crippen LogP contribution in [0.15, 0.2) is 18.5 Å². The molecule has 1 aliphatic rings. The Morgan fingerprint density at radius 1 is 1.38 bits per heavy atom. The van der Waals surface area contributed by atoms with Crippen molar-refractivity contribution in [2.45, 2.75) is 32.9 Å². The lowest BCUT2D eigenvalue weighted by Crippen LogP contribution is -2.53. The number of aromatic nitrogens is 1. The van der Waals surface area contributed by atoms with Crippen LogP contribution in [0.5, 0.6) is 0 Å². The number of hydrogen-bond donors (Lipinski definition) is 0. The fourth-order valence-corrected chi connectivity index (χ4v) is 2.31. The third kappa shape index (κ3) is 1.45. The van der Waals surface area contributed by atoms with Gasteiger partial charge in [0.25, 0.3) is 0 Å². The van der Waals surface area contributed by atoms with Gasteiger partial charge in [0, 0.05) is 19.3 Å². The first-order chi connectivity index (χ1) is 7.54. The molecule has 0 saturated carbocycles. The van der Waals surface area contributed by atoms with Gasteiger partial charge in [-0.25, -0.2) is 0 Å². The highest BCUT2D eigenvalue weighted by Gasteiger charge is 2.34. The number of nitrogens with zero attached hydrogens (tertiary/aromatic N) is 3. The van der Waals surface area contributed by atoms with Crippen LogP contribution in [0.3, 0.4) is 0 Å². The Bertz CT molecular complexity index is 416. The van der Waals surface area contributed by atoms with Gasteiger partial charge in [0.15, 0.2) is 0 Å². The number of fused-ring (bicyclic) bond motifs is 1. The van der Waals surface area contributed by atoms with Gasteiger partial charge in [0.05, 0.1) is 17.6 Å². The van der Waals surface area contributed by atoms with E-state index in [9.17, 15) is 4.79 Å². The smallest absolute Gasteiger partial charge is 0.249 e. The Morgan fingerprint density at radius 3 is 2.69 bits per heavy atom. The first kappa shape index (κ1) is 10.9. The Balaban J connectivity index is 2.56. The van der Waals surface area contributed by atoms with Crippen molar-refractivity contribution >= 4 is 17.3 Å². The highest BCUT2D eigenvalue weighted by Crippen LogP contribution is 2.35. The summed E-state index contributed by atoms with van der Waals surface area (Å²) in [6.07, 6.45) is 3.51. The summed E-state index contributed by atoms with van der Waals surface area (Å²) in [5.74, 6) is 0.120. The van der Waals surface area contributed by atoms with E-state index in [1.54, 1.807) is 24.3 Å². The zero-order valence-corrected chi connectivity index (χ0v) is 10.1. The number of carbonyl (C=O) groups excluding carboxylic acids is 1. The molecule has 4 heteroatoms. The second-order valence-corrected chi connectivity index (χ2v) is 4.44. The Labute approximate surface area is 95.9 Å². The maximum absolute atomic E-state index is 12.1. The van der Waals surface area contributed by atoms with Crippen LogP contribution >= 0.6 is 0 Å². The minimum absolute atomic E-state index is 0.111. The first-order valence-corrected chi connectivity index (χ1v) is 5.54. The van der Waals surface area contributed by atoms with E-state index in [0.29, 0.717) is 6.04 Å². The molecule has 0 spiro atoms. The molecule has 1 aliphatic heterocycles. The fourth-order valence-electron chi connectivity index (χ4n) is 2.31. The molecule has 0 saturated heterocycles. The van der Waals surface area contributed by atoms with E-state index in [1.165, 1.54) is 0 Å². The standard InChI is InChI=1S/C12H17N3O/c1-8(2)15-9(3)12(16)14(4)11-7-13-6-5-10(11)15/h5-9H,1-4H3/t9-/m1/s1. The molecule has 1 aromatic rings. The van der Waals surface area contributed by atoms with Crippen molar-refractivity contribution in [2.24, 2.45) is 0 Å². The van der Waals surface area contributed by atoms with Crippen LogP contribution in [0.1, 0.15) is 20.8 Å². The summed E-state index contributed by atoms with van der Waals surface area (Å²) in [7, 11) is 1.80. The maximum atomic E-state index is 12.1. The molecular formula is C12H17N3O. The molecule has 0 radical (unpaired) electrons. The fraction of sp³-hybridized carbons (Fsp3) is 0.500. The van der Waals surface area contributed by atoms with Crippen LogP contribution in [0, 0.1) is 0 Å². The summed E-state index contributed by atoms with van der Waals surface area (Å²) >= 11 is 0. The number of hydrogen-bond acceptors (Lipinski definition) is 3. The molecule has 1 atom stereocenters. The van der Waals surface area contributed by atoms with Gasteiger partial charge >= 0.3 is 0 Å². The van der Waals surface area contributed by atoms with Crippen molar-refractivity contribution in [2.75, 3.05) is 16.8 Å². The minimum Gasteiger partial charge on any atom is -0.356 e. The third-order valence-corrected chi connectivity index (χ3v) is 3.08. The van der Waals surface area contributed by atoms with E-state index >= 15 is 0 Å². The molecule has 0 aromatic carbocycles. The van der Waals surface area contributed by atoms with Crippen molar-refractivity contribution in [3.05, 3.63) is 18.5 Å². The monoisotopic (exact) mass is 219 g/mol. The lowest BCUT2D eigenvalue weighted by Gasteiger charge is -2.42. The van der Waals surface area contributed by atoms with Crippen molar-refractivity contribution in [1.29, 1.82) is 0 Å². The second kappa shape index (κ2) is 3.77. The van der Waals surface area contributed by atoms with E-state index in [4.69, 9.17) is 0 Å². The van der Waals surface area contributed by atoms with Gasteiger partial charge < -0.3 is 9.80 Å². The van der Waals surface area contributed by atoms with E-state index in [0.717, 1.165) is 11.4 Å². The number of carbonyl (C=O) groups is 1. The van der Waals surface area contributed by atoms with Crippen LogP contribution in [-0.2, 0) is 4.79 Å². The Kier molecular flexibility index (Phi) is 2.58. The van der Waals surface area contributed by atoms with Crippen LogP contribution < -0.4 is 9.80 Å². The van der Waals surface area contributed by atoms with Crippen molar-refractivity contribution in [1.82, 2.24) is 4.98 Å². The Morgan fingerprint density at radius 2 is 2.06 bits per heavy atom. The van der Waals surface area contributed by atoms with Gasteiger partial charge in [-0.05, 0) is 26.8 Å². The van der Waals surface area contributed by atoms with Gasteiger partial charge in [-0.15, -0.1) is 0 Å². The number of amides is 1. The molecule has 4 nitrogen and oxygen atoms in total.